The molecule has 6 nitrogen and oxygen atoms in total. The van der Waals surface area contributed by atoms with Gasteiger partial charge in [-0.25, -0.2) is 9.97 Å². The van der Waals surface area contributed by atoms with E-state index in [4.69, 9.17) is 4.98 Å². The Kier molecular flexibility index (Phi) is 5.08. The Morgan fingerprint density at radius 3 is 2.84 bits per heavy atom. The van der Waals surface area contributed by atoms with Gasteiger partial charge in [0, 0.05) is 43.6 Å². The van der Waals surface area contributed by atoms with Crippen molar-refractivity contribution in [3.8, 4) is 16.5 Å². The summed E-state index contributed by atoms with van der Waals surface area (Å²) in [6.45, 7) is 8.67. The molecular formula is C24H25N5OS. The molecule has 0 radical (unpaired) electrons. The Hall–Kier alpha value is -3.03. The third kappa shape index (κ3) is 3.64. The summed E-state index contributed by atoms with van der Waals surface area (Å²) in [5.74, 6) is 1.66. The number of aromatic nitrogens is 4. The normalized spacial score (nSPS) is 14.0. The maximum Gasteiger partial charge on any atom is 0.255 e. The Morgan fingerprint density at radius 2 is 2.06 bits per heavy atom. The number of H-pyrrole nitrogens is 1. The van der Waals surface area contributed by atoms with Crippen LogP contribution in [0.1, 0.15) is 33.8 Å². The molecule has 0 unspecified atom stereocenters. The van der Waals surface area contributed by atoms with Crippen LogP contribution in [0.2, 0.25) is 0 Å². The van der Waals surface area contributed by atoms with E-state index >= 15 is 0 Å². The summed E-state index contributed by atoms with van der Waals surface area (Å²) < 4.78 is 2.23. The van der Waals surface area contributed by atoms with E-state index in [1.54, 1.807) is 11.3 Å². The van der Waals surface area contributed by atoms with Gasteiger partial charge in [-0.15, -0.1) is 11.3 Å². The molecule has 5 heterocycles. The average Bonchev–Trinajstić information content (AvgIpc) is 3.38. The first kappa shape index (κ1) is 19.9. The molecule has 4 aromatic rings. The van der Waals surface area contributed by atoms with E-state index < -0.39 is 0 Å². The van der Waals surface area contributed by atoms with E-state index in [0.717, 1.165) is 47.0 Å². The van der Waals surface area contributed by atoms with E-state index in [-0.39, 0.29) is 5.56 Å². The minimum atomic E-state index is -0.0207. The highest BCUT2D eigenvalue weighted by Crippen LogP contribution is 2.26. The standard InChI is InChI=1S/C24H25N5OS/c1-15-6-4-9-25-23(15)29-16(2)12-18(17(29)3)13-28-10-8-20-19(14-28)24(30)27-22(26-20)21-7-5-11-31-21/h4-7,9,11-12H,8,10,13-14H2,1-3H3,(H,26,27,30). The summed E-state index contributed by atoms with van der Waals surface area (Å²) in [5.41, 5.74) is 6.50. The first-order valence-electron chi connectivity index (χ1n) is 10.5. The van der Waals surface area contributed by atoms with E-state index in [1.807, 2.05) is 29.8 Å². The van der Waals surface area contributed by atoms with Gasteiger partial charge in [-0.1, -0.05) is 12.1 Å². The van der Waals surface area contributed by atoms with Crippen LogP contribution in [0, 0.1) is 20.8 Å². The first-order valence-corrected chi connectivity index (χ1v) is 11.4. The van der Waals surface area contributed by atoms with Gasteiger partial charge < -0.3 is 9.55 Å². The van der Waals surface area contributed by atoms with Gasteiger partial charge in [-0.2, -0.15) is 0 Å². The summed E-state index contributed by atoms with van der Waals surface area (Å²) in [5, 5.41) is 2.00. The Morgan fingerprint density at radius 1 is 1.19 bits per heavy atom. The fourth-order valence-electron chi connectivity index (χ4n) is 4.41. The van der Waals surface area contributed by atoms with Crippen LogP contribution in [-0.2, 0) is 19.5 Å². The second-order valence-corrected chi connectivity index (χ2v) is 9.10. The lowest BCUT2D eigenvalue weighted by atomic mass is 10.1. The summed E-state index contributed by atoms with van der Waals surface area (Å²) in [4.78, 5) is 28.5. The molecule has 0 fully saturated rings. The van der Waals surface area contributed by atoms with Gasteiger partial charge in [0.2, 0.25) is 0 Å². The van der Waals surface area contributed by atoms with Crippen molar-refractivity contribution in [1.82, 2.24) is 24.4 Å². The van der Waals surface area contributed by atoms with Crippen LogP contribution < -0.4 is 5.56 Å². The van der Waals surface area contributed by atoms with Crippen LogP contribution in [0.15, 0.2) is 46.7 Å². The number of pyridine rings is 1. The maximum absolute atomic E-state index is 12.8. The average molecular weight is 432 g/mol. The summed E-state index contributed by atoms with van der Waals surface area (Å²) in [6, 6.07) is 10.3. The highest BCUT2D eigenvalue weighted by Gasteiger charge is 2.23. The van der Waals surface area contributed by atoms with Gasteiger partial charge in [0.05, 0.1) is 16.1 Å². The third-order valence-corrected chi connectivity index (χ3v) is 6.90. The number of hydrogen-bond acceptors (Lipinski definition) is 5. The lowest BCUT2D eigenvalue weighted by Gasteiger charge is -2.27. The second kappa shape index (κ2) is 7.90. The molecule has 1 N–H and O–H groups in total. The molecule has 0 bridgehead atoms. The zero-order chi connectivity index (χ0) is 21.5. The largest absolute Gasteiger partial charge is 0.306 e. The molecule has 1 aliphatic heterocycles. The van der Waals surface area contributed by atoms with Crippen molar-refractivity contribution in [3.63, 3.8) is 0 Å². The quantitative estimate of drug-likeness (QED) is 0.527. The Labute approximate surface area is 185 Å². The molecule has 0 spiro atoms. The number of hydrogen-bond donors (Lipinski definition) is 1. The molecule has 1 aliphatic rings. The molecule has 0 saturated heterocycles. The van der Waals surface area contributed by atoms with Crippen molar-refractivity contribution >= 4 is 11.3 Å². The molecule has 0 aliphatic carbocycles. The topological polar surface area (TPSA) is 66.8 Å². The van der Waals surface area contributed by atoms with Crippen LogP contribution in [-0.4, -0.2) is 31.0 Å². The summed E-state index contributed by atoms with van der Waals surface area (Å²) >= 11 is 1.59. The molecule has 31 heavy (non-hydrogen) atoms. The van der Waals surface area contributed by atoms with Crippen LogP contribution in [0.5, 0.6) is 0 Å². The zero-order valence-corrected chi connectivity index (χ0v) is 18.8. The van der Waals surface area contributed by atoms with Crippen LogP contribution in [0.4, 0.5) is 0 Å². The van der Waals surface area contributed by atoms with Crippen molar-refractivity contribution in [2.24, 2.45) is 0 Å². The molecule has 0 amide bonds. The maximum atomic E-state index is 12.8. The van der Waals surface area contributed by atoms with Crippen LogP contribution >= 0.6 is 11.3 Å². The number of thiophene rings is 1. The highest BCUT2D eigenvalue weighted by molar-refractivity contribution is 7.13. The molecule has 0 atom stereocenters. The summed E-state index contributed by atoms with van der Waals surface area (Å²) in [7, 11) is 0. The number of aromatic amines is 1. The number of nitrogens with zero attached hydrogens (tertiary/aromatic N) is 4. The number of fused-ring (bicyclic) bond motifs is 1. The van der Waals surface area contributed by atoms with E-state index in [9.17, 15) is 4.79 Å². The predicted molar refractivity (Wildman–Crippen MR) is 124 cm³/mol. The van der Waals surface area contributed by atoms with Gasteiger partial charge in [-0.3, -0.25) is 9.69 Å². The van der Waals surface area contributed by atoms with Crippen molar-refractivity contribution in [1.29, 1.82) is 0 Å². The number of aryl methyl sites for hydroxylation is 2. The van der Waals surface area contributed by atoms with E-state index in [0.29, 0.717) is 12.4 Å². The molecule has 0 aromatic carbocycles. The minimum absolute atomic E-state index is 0.0207. The second-order valence-electron chi connectivity index (χ2n) is 8.15. The number of nitrogens with one attached hydrogen (secondary N) is 1. The minimum Gasteiger partial charge on any atom is -0.306 e. The third-order valence-electron chi connectivity index (χ3n) is 6.03. The lowest BCUT2D eigenvalue weighted by molar-refractivity contribution is 0.241. The Bertz CT molecular complexity index is 1300. The van der Waals surface area contributed by atoms with Gasteiger partial charge in [-0.05, 0) is 55.5 Å². The Balaban J connectivity index is 1.41. The molecule has 158 valence electrons. The van der Waals surface area contributed by atoms with Crippen molar-refractivity contribution in [2.75, 3.05) is 6.54 Å². The van der Waals surface area contributed by atoms with E-state index in [1.165, 1.54) is 17.0 Å². The number of rotatable bonds is 4. The first-order chi connectivity index (χ1) is 15.0. The SMILES string of the molecule is Cc1cccnc1-n1c(C)cc(CN2CCc3nc(-c4cccs4)[nH]c(=O)c3C2)c1C. The fraction of sp³-hybridized carbons (Fsp3) is 0.292. The van der Waals surface area contributed by atoms with Gasteiger partial charge in [0.15, 0.2) is 5.82 Å². The molecule has 5 rings (SSSR count). The fourth-order valence-corrected chi connectivity index (χ4v) is 5.08. The van der Waals surface area contributed by atoms with Gasteiger partial charge in [0.25, 0.3) is 5.56 Å². The monoisotopic (exact) mass is 431 g/mol. The molecule has 4 aromatic heterocycles. The van der Waals surface area contributed by atoms with Crippen molar-refractivity contribution in [3.05, 3.63) is 86.0 Å². The smallest absolute Gasteiger partial charge is 0.255 e. The molecule has 0 saturated carbocycles. The zero-order valence-electron chi connectivity index (χ0n) is 18.0. The predicted octanol–water partition coefficient (Wildman–Crippen LogP) is 4.17. The molecule has 7 heteroatoms. The lowest BCUT2D eigenvalue weighted by Crippen LogP contribution is -2.35. The van der Waals surface area contributed by atoms with Gasteiger partial charge in [0.1, 0.15) is 5.82 Å². The summed E-state index contributed by atoms with van der Waals surface area (Å²) in [6.07, 6.45) is 2.63. The highest BCUT2D eigenvalue weighted by atomic mass is 32.1. The van der Waals surface area contributed by atoms with Crippen molar-refractivity contribution < 1.29 is 0 Å². The van der Waals surface area contributed by atoms with Crippen LogP contribution in [0.3, 0.4) is 0 Å². The van der Waals surface area contributed by atoms with E-state index in [2.05, 4.69) is 52.3 Å². The molecular weight excluding hydrogens is 406 g/mol. The van der Waals surface area contributed by atoms with Gasteiger partial charge >= 0.3 is 0 Å². The van der Waals surface area contributed by atoms with Crippen LogP contribution in [0.25, 0.3) is 16.5 Å². The van der Waals surface area contributed by atoms with Crippen molar-refractivity contribution in [2.45, 2.75) is 40.3 Å².